The molecule has 0 bridgehead atoms. The van der Waals surface area contributed by atoms with E-state index in [1.54, 1.807) is 0 Å². The van der Waals surface area contributed by atoms with E-state index in [9.17, 15) is 4.80 Å². The maximum atomic E-state index is 9.68. The SMILES string of the molecule is CCC(C)(C)O[SiH](O)OC(C)(C)CC. The lowest BCUT2D eigenvalue weighted by Crippen LogP contribution is -2.40. The molecule has 0 radical (unpaired) electrons. The summed E-state index contributed by atoms with van der Waals surface area (Å²) >= 11 is 0. The molecule has 0 saturated carbocycles. The Morgan fingerprint density at radius 3 is 1.43 bits per heavy atom. The molecule has 0 unspecified atom stereocenters. The maximum Gasteiger partial charge on any atom is 0.482 e. The molecule has 0 fully saturated rings. The van der Waals surface area contributed by atoms with Crippen LogP contribution in [0.15, 0.2) is 0 Å². The largest absolute Gasteiger partial charge is 0.482 e. The van der Waals surface area contributed by atoms with Crippen molar-refractivity contribution in [3.63, 3.8) is 0 Å². The highest BCUT2D eigenvalue weighted by atomic mass is 28.3. The van der Waals surface area contributed by atoms with Gasteiger partial charge in [-0.05, 0) is 40.5 Å². The third-order valence-electron chi connectivity index (χ3n) is 2.54. The molecule has 0 heterocycles. The summed E-state index contributed by atoms with van der Waals surface area (Å²) in [5, 5.41) is 0. The topological polar surface area (TPSA) is 38.7 Å². The minimum absolute atomic E-state index is 0.282. The van der Waals surface area contributed by atoms with Crippen LogP contribution in [-0.2, 0) is 8.85 Å². The fourth-order valence-corrected chi connectivity index (χ4v) is 2.21. The van der Waals surface area contributed by atoms with Gasteiger partial charge in [0, 0.05) is 0 Å². The zero-order valence-electron chi connectivity index (χ0n) is 10.3. The van der Waals surface area contributed by atoms with Crippen molar-refractivity contribution >= 4 is 9.53 Å². The fraction of sp³-hybridized carbons (Fsp3) is 1.00. The van der Waals surface area contributed by atoms with Gasteiger partial charge in [0.1, 0.15) is 0 Å². The number of hydrogen-bond donors (Lipinski definition) is 1. The van der Waals surface area contributed by atoms with Crippen LogP contribution in [0.4, 0.5) is 0 Å². The molecule has 0 aliphatic rings. The van der Waals surface area contributed by atoms with Crippen LogP contribution in [0.25, 0.3) is 0 Å². The molecule has 0 aliphatic carbocycles. The zero-order chi connectivity index (χ0) is 11.4. The molecular formula is C10H24O3Si. The van der Waals surface area contributed by atoms with Crippen LogP contribution in [-0.4, -0.2) is 25.5 Å². The second-order valence-electron chi connectivity index (χ2n) is 4.77. The molecule has 0 aromatic heterocycles. The Hall–Kier alpha value is 0.0969. The Bertz CT molecular complexity index is 151. The molecule has 1 N–H and O–H groups in total. The van der Waals surface area contributed by atoms with Crippen molar-refractivity contribution in [2.24, 2.45) is 0 Å². The molecule has 0 spiro atoms. The average molecular weight is 220 g/mol. The lowest BCUT2D eigenvalue weighted by Gasteiger charge is -2.31. The van der Waals surface area contributed by atoms with Gasteiger partial charge in [-0.25, -0.2) is 0 Å². The van der Waals surface area contributed by atoms with Gasteiger partial charge in [0.2, 0.25) is 0 Å². The van der Waals surface area contributed by atoms with E-state index in [2.05, 4.69) is 0 Å². The molecule has 0 aromatic carbocycles. The molecule has 4 heteroatoms. The normalized spacial score (nSPS) is 13.7. The minimum Gasteiger partial charge on any atom is -0.392 e. The predicted molar refractivity (Wildman–Crippen MR) is 60.3 cm³/mol. The highest BCUT2D eigenvalue weighted by Gasteiger charge is 2.28. The van der Waals surface area contributed by atoms with Gasteiger partial charge in [0.25, 0.3) is 0 Å². The van der Waals surface area contributed by atoms with E-state index >= 15 is 0 Å². The van der Waals surface area contributed by atoms with E-state index in [4.69, 9.17) is 8.85 Å². The Morgan fingerprint density at radius 1 is 0.929 bits per heavy atom. The van der Waals surface area contributed by atoms with E-state index in [0.29, 0.717) is 0 Å². The monoisotopic (exact) mass is 220 g/mol. The summed E-state index contributed by atoms with van der Waals surface area (Å²) in [6.07, 6.45) is 1.74. The van der Waals surface area contributed by atoms with Crippen LogP contribution >= 0.6 is 0 Å². The van der Waals surface area contributed by atoms with Gasteiger partial charge in [-0.15, -0.1) is 0 Å². The lowest BCUT2D eigenvalue weighted by atomic mass is 10.1. The molecule has 0 amide bonds. The highest BCUT2D eigenvalue weighted by Crippen LogP contribution is 2.19. The Kier molecular flexibility index (Phi) is 5.29. The van der Waals surface area contributed by atoms with Crippen molar-refractivity contribution in [2.45, 2.75) is 65.6 Å². The fourth-order valence-electron chi connectivity index (χ4n) is 0.737. The zero-order valence-corrected chi connectivity index (χ0v) is 11.4. The van der Waals surface area contributed by atoms with E-state index in [1.165, 1.54) is 0 Å². The van der Waals surface area contributed by atoms with Crippen LogP contribution < -0.4 is 0 Å². The quantitative estimate of drug-likeness (QED) is 0.697. The number of hydrogen-bond acceptors (Lipinski definition) is 3. The lowest BCUT2D eigenvalue weighted by molar-refractivity contribution is -0.0194. The highest BCUT2D eigenvalue weighted by molar-refractivity contribution is 6.34. The second-order valence-corrected chi connectivity index (χ2v) is 5.85. The van der Waals surface area contributed by atoms with E-state index < -0.39 is 9.53 Å². The van der Waals surface area contributed by atoms with Gasteiger partial charge in [-0.2, -0.15) is 0 Å². The van der Waals surface area contributed by atoms with Gasteiger partial charge in [0.15, 0.2) is 0 Å². The molecule has 3 nitrogen and oxygen atoms in total. The molecule has 0 rings (SSSR count). The van der Waals surface area contributed by atoms with Crippen LogP contribution in [0.3, 0.4) is 0 Å². The van der Waals surface area contributed by atoms with Gasteiger partial charge < -0.3 is 13.6 Å². The molecule has 0 aromatic rings. The third kappa shape index (κ3) is 5.75. The maximum absolute atomic E-state index is 9.68. The summed E-state index contributed by atoms with van der Waals surface area (Å²) in [6.45, 7) is 11.9. The first-order valence-corrected chi connectivity index (χ1v) is 6.72. The minimum atomic E-state index is -2.49. The summed E-state index contributed by atoms with van der Waals surface area (Å²) < 4.78 is 11.0. The standard InChI is InChI=1S/C10H24O3Si/c1-7-9(3,4)12-14(11)13-10(5,6)8-2/h11,14H,7-8H2,1-6H3. The smallest absolute Gasteiger partial charge is 0.392 e. The van der Waals surface area contributed by atoms with E-state index in [1.807, 2.05) is 41.5 Å². The van der Waals surface area contributed by atoms with Crippen molar-refractivity contribution < 1.29 is 13.6 Å². The summed E-state index contributed by atoms with van der Waals surface area (Å²) in [5.74, 6) is 0. The molecule has 0 aliphatic heterocycles. The Morgan fingerprint density at radius 2 is 1.21 bits per heavy atom. The summed E-state index contributed by atoms with van der Waals surface area (Å²) in [4.78, 5) is 9.68. The predicted octanol–water partition coefficient (Wildman–Crippen LogP) is 2.11. The van der Waals surface area contributed by atoms with Gasteiger partial charge >= 0.3 is 9.53 Å². The average Bonchev–Trinajstić information content (AvgIpc) is 2.02. The first-order chi connectivity index (χ1) is 6.22. The van der Waals surface area contributed by atoms with Crippen molar-refractivity contribution in [1.82, 2.24) is 0 Å². The molecule has 14 heavy (non-hydrogen) atoms. The first kappa shape index (κ1) is 14.1. The molecule has 86 valence electrons. The van der Waals surface area contributed by atoms with Crippen LogP contribution in [0.2, 0.25) is 0 Å². The van der Waals surface area contributed by atoms with Gasteiger partial charge in [-0.3, -0.25) is 0 Å². The van der Waals surface area contributed by atoms with Gasteiger partial charge in [-0.1, -0.05) is 13.8 Å². The Balaban J connectivity index is 4.04. The number of rotatable bonds is 6. The second kappa shape index (κ2) is 5.26. The summed E-state index contributed by atoms with van der Waals surface area (Å²) in [5.41, 5.74) is -0.565. The summed E-state index contributed by atoms with van der Waals surface area (Å²) in [7, 11) is -2.49. The van der Waals surface area contributed by atoms with Crippen molar-refractivity contribution in [1.29, 1.82) is 0 Å². The molecule has 0 saturated heterocycles. The molecular weight excluding hydrogens is 196 g/mol. The van der Waals surface area contributed by atoms with Crippen molar-refractivity contribution in [2.75, 3.05) is 0 Å². The first-order valence-electron chi connectivity index (χ1n) is 5.26. The van der Waals surface area contributed by atoms with Gasteiger partial charge in [0.05, 0.1) is 11.2 Å². The van der Waals surface area contributed by atoms with Crippen molar-refractivity contribution in [3.05, 3.63) is 0 Å². The van der Waals surface area contributed by atoms with E-state index in [-0.39, 0.29) is 11.2 Å². The van der Waals surface area contributed by atoms with Crippen molar-refractivity contribution in [3.8, 4) is 0 Å². The third-order valence-corrected chi connectivity index (χ3v) is 4.22. The van der Waals surface area contributed by atoms with Crippen LogP contribution in [0.1, 0.15) is 54.4 Å². The van der Waals surface area contributed by atoms with Crippen LogP contribution in [0.5, 0.6) is 0 Å². The Labute approximate surface area is 89.4 Å². The van der Waals surface area contributed by atoms with Crippen LogP contribution in [0, 0.1) is 0 Å². The van der Waals surface area contributed by atoms with E-state index in [0.717, 1.165) is 12.8 Å². The summed E-state index contributed by atoms with van der Waals surface area (Å²) in [6, 6.07) is 0. The molecule has 0 atom stereocenters.